The third-order valence-corrected chi connectivity index (χ3v) is 9.93. The number of sulfonamides is 1. The fourth-order valence-electron chi connectivity index (χ4n) is 5.26. The van der Waals surface area contributed by atoms with E-state index in [1.807, 2.05) is 6.92 Å². The summed E-state index contributed by atoms with van der Waals surface area (Å²) < 4.78 is 48.1. The van der Waals surface area contributed by atoms with E-state index in [4.69, 9.17) is 27.9 Å². The molecule has 3 aromatic rings. The van der Waals surface area contributed by atoms with Gasteiger partial charge in [-0.05, 0) is 92.4 Å². The van der Waals surface area contributed by atoms with Crippen molar-refractivity contribution in [2.75, 3.05) is 17.5 Å². The van der Waals surface area contributed by atoms with Crippen LogP contribution in [0.15, 0.2) is 71.6 Å². The summed E-state index contributed by atoms with van der Waals surface area (Å²) in [7, 11) is -4.35. The highest BCUT2D eigenvalue weighted by Crippen LogP contribution is 2.28. The summed E-state index contributed by atoms with van der Waals surface area (Å²) in [6, 6.07) is 14.6. The van der Waals surface area contributed by atoms with Crippen molar-refractivity contribution in [2.24, 2.45) is 0 Å². The van der Waals surface area contributed by atoms with Crippen molar-refractivity contribution < 1.29 is 27.1 Å². The fraction of sp³-hybridized carbons (Fsp3) is 0.375. The van der Waals surface area contributed by atoms with Crippen molar-refractivity contribution in [1.82, 2.24) is 10.2 Å². The zero-order valence-electron chi connectivity index (χ0n) is 24.6. The first kappa shape index (κ1) is 33.6. The number of rotatable bonds is 13. The van der Waals surface area contributed by atoms with Crippen LogP contribution in [0.5, 0.6) is 5.75 Å². The van der Waals surface area contributed by atoms with Gasteiger partial charge in [-0.15, -0.1) is 0 Å². The van der Waals surface area contributed by atoms with Crippen LogP contribution in [0, 0.1) is 5.82 Å². The van der Waals surface area contributed by atoms with Crippen LogP contribution in [0.2, 0.25) is 10.0 Å². The molecule has 1 aliphatic rings. The predicted molar refractivity (Wildman–Crippen MR) is 170 cm³/mol. The molecule has 8 nitrogen and oxygen atoms in total. The van der Waals surface area contributed by atoms with Crippen molar-refractivity contribution in [3.63, 3.8) is 0 Å². The molecule has 1 unspecified atom stereocenters. The van der Waals surface area contributed by atoms with E-state index in [1.165, 1.54) is 17.0 Å². The second-order valence-corrected chi connectivity index (χ2v) is 13.3. The number of hydrogen-bond acceptors (Lipinski definition) is 5. The molecule has 1 N–H and O–H groups in total. The molecule has 4 rings (SSSR count). The molecule has 1 fully saturated rings. The number of halogens is 3. The summed E-state index contributed by atoms with van der Waals surface area (Å²) in [5, 5.41) is 3.79. The first-order valence-electron chi connectivity index (χ1n) is 14.6. The van der Waals surface area contributed by atoms with Crippen LogP contribution >= 0.6 is 23.2 Å². The maximum atomic E-state index is 14.2. The minimum atomic E-state index is -4.35. The van der Waals surface area contributed by atoms with Crippen LogP contribution in [-0.2, 0) is 26.2 Å². The van der Waals surface area contributed by atoms with Gasteiger partial charge in [-0.3, -0.25) is 13.9 Å². The van der Waals surface area contributed by atoms with Crippen LogP contribution in [0.1, 0.15) is 51.5 Å². The van der Waals surface area contributed by atoms with Gasteiger partial charge >= 0.3 is 0 Å². The average Bonchev–Trinajstić information content (AvgIpc) is 3.50. The van der Waals surface area contributed by atoms with E-state index in [0.29, 0.717) is 28.0 Å². The Labute approximate surface area is 268 Å². The smallest absolute Gasteiger partial charge is 0.264 e. The average molecular weight is 665 g/mol. The van der Waals surface area contributed by atoms with E-state index < -0.39 is 34.3 Å². The van der Waals surface area contributed by atoms with Crippen molar-refractivity contribution in [3.05, 3.63) is 88.2 Å². The number of benzene rings is 3. The molecule has 0 heterocycles. The molecule has 1 aliphatic carbocycles. The van der Waals surface area contributed by atoms with Crippen molar-refractivity contribution >= 4 is 50.7 Å². The fourth-order valence-corrected chi connectivity index (χ4v) is 7.14. The summed E-state index contributed by atoms with van der Waals surface area (Å²) in [5.74, 6) is -1.01. The number of carbonyl (C=O) groups is 2. The molecule has 12 heteroatoms. The summed E-state index contributed by atoms with van der Waals surface area (Å²) in [6.45, 7) is 3.35. The van der Waals surface area contributed by atoms with Gasteiger partial charge in [0.1, 0.15) is 24.2 Å². The maximum Gasteiger partial charge on any atom is 0.264 e. The molecule has 0 spiro atoms. The van der Waals surface area contributed by atoms with Crippen LogP contribution < -0.4 is 14.4 Å². The Morgan fingerprint density at radius 3 is 2.25 bits per heavy atom. The number of ether oxygens (including phenoxy) is 1. The second kappa shape index (κ2) is 15.1. The molecule has 44 heavy (non-hydrogen) atoms. The van der Waals surface area contributed by atoms with Crippen LogP contribution in [0.4, 0.5) is 10.1 Å². The zero-order chi connectivity index (χ0) is 31.9. The Hall–Kier alpha value is -3.34. The Kier molecular flexibility index (Phi) is 11.5. The number of nitrogens with zero attached hydrogens (tertiary/aromatic N) is 2. The maximum absolute atomic E-state index is 14.2. The van der Waals surface area contributed by atoms with Gasteiger partial charge in [0.2, 0.25) is 11.8 Å². The van der Waals surface area contributed by atoms with Crippen LogP contribution in [-0.4, -0.2) is 50.4 Å². The lowest BCUT2D eigenvalue weighted by molar-refractivity contribution is -0.140. The van der Waals surface area contributed by atoms with Gasteiger partial charge in [-0.2, -0.15) is 0 Å². The number of amides is 2. The zero-order valence-corrected chi connectivity index (χ0v) is 27.0. The second-order valence-electron chi connectivity index (χ2n) is 10.6. The van der Waals surface area contributed by atoms with E-state index in [9.17, 15) is 22.4 Å². The lowest BCUT2D eigenvalue weighted by Crippen LogP contribution is -2.53. The summed E-state index contributed by atoms with van der Waals surface area (Å²) >= 11 is 12.6. The Morgan fingerprint density at radius 1 is 1.00 bits per heavy atom. The molecule has 2 amide bonds. The number of nitrogens with one attached hydrogen (secondary N) is 1. The van der Waals surface area contributed by atoms with Crippen LogP contribution in [0.25, 0.3) is 0 Å². The minimum absolute atomic E-state index is 0.0202. The van der Waals surface area contributed by atoms with Gasteiger partial charge in [-0.25, -0.2) is 12.8 Å². The number of hydrogen-bond donors (Lipinski definition) is 1. The van der Waals surface area contributed by atoms with E-state index >= 15 is 0 Å². The Morgan fingerprint density at radius 2 is 1.66 bits per heavy atom. The topological polar surface area (TPSA) is 96.0 Å². The van der Waals surface area contributed by atoms with Gasteiger partial charge in [0.15, 0.2) is 0 Å². The van der Waals surface area contributed by atoms with E-state index in [-0.39, 0.29) is 35.5 Å². The van der Waals surface area contributed by atoms with Gasteiger partial charge in [0.05, 0.1) is 17.2 Å². The molecule has 0 bridgehead atoms. The molecule has 1 saturated carbocycles. The first-order valence-corrected chi connectivity index (χ1v) is 16.8. The SMILES string of the molecule is CCOc1ccc(N(CC(=O)N(Cc2ccc(Cl)cc2Cl)C(CC)C(=O)NC2CCCC2)S(=O)(=O)c2ccc(F)cc2)cc1. The summed E-state index contributed by atoms with van der Waals surface area (Å²) in [6.07, 6.45) is 4.04. The Bertz CT molecular complexity index is 1550. The third-order valence-electron chi connectivity index (χ3n) is 7.56. The highest BCUT2D eigenvalue weighted by Gasteiger charge is 2.35. The minimum Gasteiger partial charge on any atom is -0.494 e. The lowest BCUT2D eigenvalue weighted by atomic mass is 10.1. The first-order chi connectivity index (χ1) is 21.0. The Balaban J connectivity index is 1.73. The van der Waals surface area contributed by atoms with Gasteiger partial charge in [0.25, 0.3) is 10.0 Å². The molecule has 0 aliphatic heterocycles. The highest BCUT2D eigenvalue weighted by atomic mass is 35.5. The standard InChI is InChI=1S/C32H36Cl2FN3O5S/c1-3-30(32(40)36-25-7-5-6-8-25)37(20-22-9-10-23(33)19-29(22)34)31(39)21-38(26-13-15-27(16-14-26)43-4-2)44(41,42)28-17-11-24(35)12-18-28/h9-19,25,30H,3-8,20-21H2,1-2H3,(H,36,40). The largest absolute Gasteiger partial charge is 0.494 e. The van der Waals surface area contributed by atoms with Crippen molar-refractivity contribution in [2.45, 2.75) is 69.5 Å². The van der Waals surface area contributed by atoms with Crippen molar-refractivity contribution in [1.29, 1.82) is 0 Å². The molecule has 236 valence electrons. The van der Waals surface area contributed by atoms with Crippen LogP contribution in [0.3, 0.4) is 0 Å². The highest BCUT2D eigenvalue weighted by molar-refractivity contribution is 7.92. The monoisotopic (exact) mass is 663 g/mol. The molecule has 1 atom stereocenters. The number of carbonyl (C=O) groups excluding carboxylic acids is 2. The molecule has 0 saturated heterocycles. The summed E-state index contributed by atoms with van der Waals surface area (Å²) in [5.41, 5.74) is 0.740. The predicted octanol–water partition coefficient (Wildman–Crippen LogP) is 6.59. The van der Waals surface area contributed by atoms with E-state index in [0.717, 1.165) is 54.3 Å². The quantitative estimate of drug-likeness (QED) is 0.223. The number of anilines is 1. The van der Waals surface area contributed by atoms with Gasteiger partial charge in [-0.1, -0.05) is 49.0 Å². The van der Waals surface area contributed by atoms with Gasteiger partial charge < -0.3 is 15.0 Å². The lowest BCUT2D eigenvalue weighted by Gasteiger charge is -2.34. The van der Waals surface area contributed by atoms with Gasteiger partial charge in [0, 0.05) is 22.6 Å². The molecule has 0 radical (unpaired) electrons. The molecule has 3 aromatic carbocycles. The molecule has 0 aromatic heterocycles. The molecular formula is C32H36Cl2FN3O5S. The van der Waals surface area contributed by atoms with E-state index in [1.54, 1.807) is 37.3 Å². The van der Waals surface area contributed by atoms with E-state index in [2.05, 4.69) is 5.32 Å². The normalized spacial score (nSPS) is 14.2. The van der Waals surface area contributed by atoms with Crippen molar-refractivity contribution in [3.8, 4) is 5.75 Å². The molecular weight excluding hydrogens is 628 g/mol. The summed E-state index contributed by atoms with van der Waals surface area (Å²) in [4.78, 5) is 29.0. The third kappa shape index (κ3) is 8.22.